The molecule has 110 valence electrons. The van der Waals surface area contributed by atoms with E-state index in [-0.39, 0.29) is 17.3 Å². The number of halogens is 4. The van der Waals surface area contributed by atoms with E-state index in [9.17, 15) is 4.39 Å². The Hall–Kier alpha value is -1.73. The molecular weight excluding hydrogens is 346 g/mol. The monoisotopic (exact) mass is 352 g/mol. The maximum absolute atomic E-state index is 14.1. The van der Waals surface area contributed by atoms with Crippen molar-refractivity contribution in [2.45, 2.75) is 6.42 Å². The fourth-order valence-electron chi connectivity index (χ4n) is 2.46. The van der Waals surface area contributed by atoms with Crippen LogP contribution in [0.5, 0.6) is 0 Å². The van der Waals surface area contributed by atoms with Gasteiger partial charge in [0.2, 0.25) is 0 Å². The third-order valence-corrected chi connectivity index (χ3v) is 4.75. The van der Waals surface area contributed by atoms with E-state index in [4.69, 9.17) is 40.1 Å². The van der Waals surface area contributed by atoms with E-state index in [0.717, 1.165) is 0 Å². The Morgan fingerprint density at radius 2 is 1.77 bits per heavy atom. The lowest BCUT2D eigenvalue weighted by atomic mass is 10.0. The number of nitrogens with one attached hydrogen (secondary N) is 1. The molecule has 0 bridgehead atoms. The van der Waals surface area contributed by atoms with E-state index in [0.29, 0.717) is 37.6 Å². The van der Waals surface area contributed by atoms with Gasteiger partial charge < -0.3 is 4.98 Å². The fourth-order valence-corrected chi connectivity index (χ4v) is 3.09. The summed E-state index contributed by atoms with van der Waals surface area (Å²) >= 11 is 18.3. The lowest BCUT2D eigenvalue weighted by Gasteiger charge is -2.09. The number of rotatable bonds is 2. The van der Waals surface area contributed by atoms with Crippen molar-refractivity contribution >= 4 is 45.7 Å². The van der Waals surface area contributed by atoms with Gasteiger partial charge in [-0.2, -0.15) is 5.26 Å². The van der Waals surface area contributed by atoms with E-state index in [1.807, 2.05) is 6.07 Å². The summed E-state index contributed by atoms with van der Waals surface area (Å²) in [7, 11) is 0. The van der Waals surface area contributed by atoms with Crippen molar-refractivity contribution in [1.29, 1.82) is 5.26 Å². The first-order valence-corrected chi connectivity index (χ1v) is 7.47. The Labute approximate surface area is 141 Å². The summed E-state index contributed by atoms with van der Waals surface area (Å²) in [6.07, 6.45) is 1.75. The first-order chi connectivity index (χ1) is 10.5. The third-order valence-electron chi connectivity index (χ3n) is 3.46. The molecule has 3 aromatic rings. The summed E-state index contributed by atoms with van der Waals surface area (Å²) in [5, 5.41) is 10.1. The quantitative estimate of drug-likeness (QED) is 0.564. The highest BCUT2D eigenvalue weighted by atomic mass is 35.5. The Morgan fingerprint density at radius 1 is 1.05 bits per heavy atom. The Morgan fingerprint density at radius 3 is 2.50 bits per heavy atom. The van der Waals surface area contributed by atoms with Crippen molar-refractivity contribution in [3.05, 3.63) is 56.9 Å². The third kappa shape index (κ3) is 2.34. The van der Waals surface area contributed by atoms with Gasteiger partial charge in [0.25, 0.3) is 0 Å². The molecule has 1 N–H and O–H groups in total. The van der Waals surface area contributed by atoms with Gasteiger partial charge in [-0.25, -0.2) is 4.39 Å². The second-order valence-electron chi connectivity index (χ2n) is 4.72. The second-order valence-corrected chi connectivity index (χ2v) is 5.88. The van der Waals surface area contributed by atoms with Crippen LogP contribution in [0.3, 0.4) is 0 Å². The largest absolute Gasteiger partial charge is 0.360 e. The minimum Gasteiger partial charge on any atom is -0.360 e. The minimum atomic E-state index is -0.388. The summed E-state index contributed by atoms with van der Waals surface area (Å²) in [6.45, 7) is 0. The molecule has 0 radical (unpaired) electrons. The number of aromatic amines is 1. The fraction of sp³-hybridized carbons (Fsp3) is 0.0625. The Balaban J connectivity index is 2.32. The molecule has 3 rings (SSSR count). The highest BCUT2D eigenvalue weighted by Gasteiger charge is 2.17. The smallest absolute Gasteiger partial charge is 0.132 e. The van der Waals surface area contributed by atoms with Crippen LogP contribution in [-0.4, -0.2) is 4.98 Å². The van der Waals surface area contributed by atoms with Crippen LogP contribution in [0.2, 0.25) is 15.1 Å². The molecule has 0 amide bonds. The maximum atomic E-state index is 14.1. The van der Waals surface area contributed by atoms with Crippen LogP contribution in [0, 0.1) is 17.1 Å². The molecule has 2 aromatic carbocycles. The number of H-pyrrole nitrogens is 1. The molecule has 0 aliphatic rings. The summed E-state index contributed by atoms with van der Waals surface area (Å²) in [6, 6.07) is 8.37. The Kier molecular flexibility index (Phi) is 4.01. The number of aromatic nitrogens is 1. The van der Waals surface area contributed by atoms with Gasteiger partial charge in [0.15, 0.2) is 0 Å². The van der Waals surface area contributed by atoms with E-state index < -0.39 is 0 Å². The molecule has 1 heterocycles. The Bertz CT molecular complexity index is 925. The van der Waals surface area contributed by atoms with Gasteiger partial charge in [0, 0.05) is 22.7 Å². The highest BCUT2D eigenvalue weighted by molar-refractivity contribution is 6.49. The average molecular weight is 354 g/mol. The van der Waals surface area contributed by atoms with Crippen molar-refractivity contribution in [1.82, 2.24) is 4.98 Å². The molecule has 0 aliphatic carbocycles. The van der Waals surface area contributed by atoms with E-state index >= 15 is 0 Å². The molecule has 0 atom stereocenters. The van der Waals surface area contributed by atoms with Crippen molar-refractivity contribution in [3.63, 3.8) is 0 Å². The molecule has 0 unspecified atom stereocenters. The van der Waals surface area contributed by atoms with Crippen molar-refractivity contribution in [2.24, 2.45) is 0 Å². The molecule has 0 fully saturated rings. The highest BCUT2D eigenvalue weighted by Crippen LogP contribution is 2.41. The molecule has 1 aromatic heterocycles. The van der Waals surface area contributed by atoms with Crippen LogP contribution >= 0.6 is 34.8 Å². The molecule has 2 nitrogen and oxygen atoms in total. The lowest BCUT2D eigenvalue weighted by molar-refractivity contribution is 0.639. The van der Waals surface area contributed by atoms with E-state index in [2.05, 4.69) is 4.98 Å². The predicted molar refractivity (Wildman–Crippen MR) is 88.0 cm³/mol. The van der Waals surface area contributed by atoms with Crippen molar-refractivity contribution in [2.75, 3.05) is 0 Å². The summed E-state index contributed by atoms with van der Waals surface area (Å²) in [5.74, 6) is -0.388. The number of nitriles is 1. The topological polar surface area (TPSA) is 39.6 Å². The van der Waals surface area contributed by atoms with Gasteiger partial charge in [-0.1, -0.05) is 40.9 Å². The van der Waals surface area contributed by atoms with E-state index in [1.54, 1.807) is 24.4 Å². The van der Waals surface area contributed by atoms with Gasteiger partial charge in [-0.05, 0) is 23.8 Å². The minimum absolute atomic E-state index is 0.121. The molecule has 22 heavy (non-hydrogen) atoms. The van der Waals surface area contributed by atoms with Crippen LogP contribution in [0.25, 0.3) is 22.0 Å². The predicted octanol–water partition coefficient (Wildman–Crippen LogP) is 6.00. The van der Waals surface area contributed by atoms with E-state index in [1.165, 1.54) is 6.07 Å². The van der Waals surface area contributed by atoms with Crippen LogP contribution in [0.1, 0.15) is 5.56 Å². The molecule has 6 heteroatoms. The standard InChI is InChI=1S/C16H8Cl3FN2/c17-11-3-1-9(14(18)15(11)19)10-2-4-12(20)13-8(5-6-21)7-22-16(10)13/h1-4,7,22H,5H2. The number of benzene rings is 2. The number of hydrogen-bond acceptors (Lipinski definition) is 1. The SMILES string of the molecule is N#CCc1c[nH]c2c(-c3ccc(Cl)c(Cl)c3Cl)ccc(F)c12. The van der Waals surface area contributed by atoms with Crippen molar-refractivity contribution in [3.8, 4) is 17.2 Å². The van der Waals surface area contributed by atoms with Gasteiger partial charge in [-0.15, -0.1) is 0 Å². The maximum Gasteiger partial charge on any atom is 0.132 e. The molecular formula is C16H8Cl3FN2. The zero-order valence-corrected chi connectivity index (χ0v) is 13.3. The summed E-state index contributed by atoms with van der Waals surface area (Å²) < 4.78 is 14.1. The summed E-state index contributed by atoms with van der Waals surface area (Å²) in [5.41, 5.74) is 2.52. The molecule has 0 saturated heterocycles. The van der Waals surface area contributed by atoms with Crippen LogP contribution in [0.15, 0.2) is 30.5 Å². The van der Waals surface area contributed by atoms with Crippen molar-refractivity contribution < 1.29 is 4.39 Å². The van der Waals surface area contributed by atoms with Gasteiger partial charge >= 0.3 is 0 Å². The van der Waals surface area contributed by atoms with Gasteiger partial charge in [-0.3, -0.25) is 0 Å². The molecule has 0 spiro atoms. The number of nitrogens with zero attached hydrogens (tertiary/aromatic N) is 1. The lowest BCUT2D eigenvalue weighted by Crippen LogP contribution is -1.88. The second kappa shape index (κ2) is 5.81. The first-order valence-electron chi connectivity index (χ1n) is 6.34. The zero-order chi connectivity index (χ0) is 15.9. The normalized spacial score (nSPS) is 10.9. The number of fused-ring (bicyclic) bond motifs is 1. The first kappa shape index (κ1) is 15.2. The average Bonchev–Trinajstić information content (AvgIpc) is 2.92. The number of hydrogen-bond donors (Lipinski definition) is 1. The molecule has 0 aliphatic heterocycles. The van der Waals surface area contributed by atoms with Gasteiger partial charge in [0.05, 0.1) is 33.1 Å². The van der Waals surface area contributed by atoms with Crippen LogP contribution in [-0.2, 0) is 6.42 Å². The van der Waals surface area contributed by atoms with Crippen LogP contribution < -0.4 is 0 Å². The summed E-state index contributed by atoms with van der Waals surface area (Å²) in [4.78, 5) is 3.02. The molecule has 0 saturated carbocycles. The van der Waals surface area contributed by atoms with Gasteiger partial charge in [0.1, 0.15) is 5.82 Å². The zero-order valence-electron chi connectivity index (χ0n) is 11.1. The van der Waals surface area contributed by atoms with Crippen LogP contribution in [0.4, 0.5) is 4.39 Å².